The van der Waals surface area contributed by atoms with Crippen LogP contribution in [0.3, 0.4) is 0 Å². The number of nitrogens with zero attached hydrogens (tertiary/aromatic N) is 3. The molecule has 7 heteroatoms. The number of carbonyl (C=O) groups excluding carboxylic acids is 2. The van der Waals surface area contributed by atoms with Crippen LogP contribution in [-0.4, -0.2) is 60.3 Å². The van der Waals surface area contributed by atoms with Gasteiger partial charge in [-0.3, -0.25) is 9.59 Å². The number of fused-ring (bicyclic) bond motifs is 1. The van der Waals surface area contributed by atoms with E-state index >= 15 is 0 Å². The van der Waals surface area contributed by atoms with Crippen LogP contribution in [0.5, 0.6) is 5.75 Å². The second-order valence-corrected chi connectivity index (χ2v) is 7.61. The maximum atomic E-state index is 12.8. The van der Waals surface area contributed by atoms with Crippen LogP contribution in [0, 0.1) is 0 Å². The van der Waals surface area contributed by atoms with Crippen molar-refractivity contribution in [3.63, 3.8) is 0 Å². The van der Waals surface area contributed by atoms with Crippen molar-refractivity contribution in [2.45, 2.75) is 4.90 Å². The van der Waals surface area contributed by atoms with E-state index in [1.54, 1.807) is 21.9 Å². The third-order valence-corrected chi connectivity index (χ3v) is 6.00. The summed E-state index contributed by atoms with van der Waals surface area (Å²) in [6.07, 6.45) is 0. The number of anilines is 2. The minimum absolute atomic E-state index is 0.0279. The molecular formula is C20H21N3O3S. The number of para-hydroxylation sites is 3. The number of aromatic hydroxyl groups is 1. The zero-order valence-corrected chi connectivity index (χ0v) is 15.7. The predicted molar refractivity (Wildman–Crippen MR) is 106 cm³/mol. The number of benzene rings is 2. The van der Waals surface area contributed by atoms with Gasteiger partial charge < -0.3 is 19.8 Å². The Balaban J connectivity index is 1.40. The number of phenolic OH excluding ortho intramolecular Hbond substituents is 1. The molecule has 27 heavy (non-hydrogen) atoms. The van der Waals surface area contributed by atoms with E-state index in [1.807, 2.05) is 36.4 Å². The number of carbonyl (C=O) groups is 2. The van der Waals surface area contributed by atoms with Crippen molar-refractivity contribution in [3.8, 4) is 5.75 Å². The van der Waals surface area contributed by atoms with Crippen molar-refractivity contribution in [1.29, 1.82) is 0 Å². The lowest BCUT2D eigenvalue weighted by Gasteiger charge is -2.37. The van der Waals surface area contributed by atoms with Gasteiger partial charge in [-0.1, -0.05) is 24.3 Å². The van der Waals surface area contributed by atoms with Crippen LogP contribution in [-0.2, 0) is 9.59 Å². The Kier molecular flexibility index (Phi) is 4.94. The standard InChI is InChI=1S/C20H21N3O3S/c24-17-7-3-1-5-15(17)21-9-11-22(12-10-21)19(25)13-23-16-6-2-4-8-18(16)27-14-20(23)26/h1-8,24H,9-14H2. The Bertz CT molecular complexity index is 865. The maximum absolute atomic E-state index is 12.8. The fourth-order valence-corrected chi connectivity index (χ4v) is 4.43. The predicted octanol–water partition coefficient (Wildman–Crippen LogP) is 2.18. The molecule has 0 radical (unpaired) electrons. The average Bonchev–Trinajstić information content (AvgIpc) is 2.70. The molecule has 2 aliphatic rings. The first-order chi connectivity index (χ1) is 13.1. The van der Waals surface area contributed by atoms with Crippen LogP contribution in [0.2, 0.25) is 0 Å². The lowest BCUT2D eigenvalue weighted by molar-refractivity contribution is -0.131. The summed E-state index contributed by atoms with van der Waals surface area (Å²) in [5, 5.41) is 10.0. The van der Waals surface area contributed by atoms with Gasteiger partial charge in [0.2, 0.25) is 11.8 Å². The number of piperazine rings is 1. The Morgan fingerprint density at radius 3 is 2.37 bits per heavy atom. The van der Waals surface area contributed by atoms with E-state index < -0.39 is 0 Å². The Morgan fingerprint density at radius 2 is 1.63 bits per heavy atom. The van der Waals surface area contributed by atoms with Crippen LogP contribution >= 0.6 is 11.8 Å². The zero-order valence-electron chi connectivity index (χ0n) is 14.9. The van der Waals surface area contributed by atoms with Crippen LogP contribution in [0.15, 0.2) is 53.4 Å². The lowest BCUT2D eigenvalue weighted by Crippen LogP contribution is -2.52. The molecule has 0 aromatic heterocycles. The molecule has 4 rings (SSSR count). The second-order valence-electron chi connectivity index (χ2n) is 6.59. The van der Waals surface area contributed by atoms with Gasteiger partial charge in [-0.2, -0.15) is 0 Å². The molecule has 0 unspecified atom stereocenters. The van der Waals surface area contributed by atoms with E-state index in [2.05, 4.69) is 4.90 Å². The summed E-state index contributed by atoms with van der Waals surface area (Å²) >= 11 is 1.52. The molecule has 1 N–H and O–H groups in total. The maximum Gasteiger partial charge on any atom is 0.242 e. The van der Waals surface area contributed by atoms with Crippen LogP contribution in [0.1, 0.15) is 0 Å². The Hall–Kier alpha value is -2.67. The second kappa shape index (κ2) is 7.52. The van der Waals surface area contributed by atoms with Gasteiger partial charge in [0.15, 0.2) is 0 Å². The lowest BCUT2D eigenvalue weighted by atomic mass is 10.2. The molecule has 0 aliphatic carbocycles. The van der Waals surface area contributed by atoms with Gasteiger partial charge >= 0.3 is 0 Å². The molecule has 2 aromatic rings. The number of amides is 2. The summed E-state index contributed by atoms with van der Waals surface area (Å²) in [5.74, 6) is 0.554. The van der Waals surface area contributed by atoms with E-state index in [0.717, 1.165) is 16.3 Å². The zero-order chi connectivity index (χ0) is 18.8. The first kappa shape index (κ1) is 17.7. The number of phenols is 1. The molecule has 6 nitrogen and oxygen atoms in total. The van der Waals surface area contributed by atoms with Gasteiger partial charge in [0, 0.05) is 31.1 Å². The molecule has 0 spiro atoms. The molecule has 140 valence electrons. The summed E-state index contributed by atoms with van der Waals surface area (Å²) < 4.78 is 0. The van der Waals surface area contributed by atoms with Gasteiger partial charge in [0.05, 0.1) is 17.1 Å². The first-order valence-electron chi connectivity index (χ1n) is 8.96. The van der Waals surface area contributed by atoms with Crippen molar-refractivity contribution in [2.24, 2.45) is 0 Å². The highest BCUT2D eigenvalue weighted by Gasteiger charge is 2.29. The molecule has 2 aliphatic heterocycles. The summed E-state index contributed by atoms with van der Waals surface area (Å²) in [7, 11) is 0. The molecule has 0 atom stereocenters. The smallest absolute Gasteiger partial charge is 0.242 e. The van der Waals surface area contributed by atoms with Crippen LogP contribution in [0.25, 0.3) is 0 Å². The third kappa shape index (κ3) is 3.60. The van der Waals surface area contributed by atoms with Crippen LogP contribution in [0.4, 0.5) is 11.4 Å². The van der Waals surface area contributed by atoms with Crippen LogP contribution < -0.4 is 9.80 Å². The highest BCUT2D eigenvalue weighted by atomic mass is 32.2. The fourth-order valence-electron chi connectivity index (χ4n) is 3.49. The number of rotatable bonds is 3. The number of hydrogen-bond donors (Lipinski definition) is 1. The molecule has 2 amide bonds. The highest BCUT2D eigenvalue weighted by molar-refractivity contribution is 8.00. The molecule has 0 bridgehead atoms. The summed E-state index contributed by atoms with van der Waals surface area (Å²) in [6, 6.07) is 14.9. The van der Waals surface area contributed by atoms with E-state index in [9.17, 15) is 14.7 Å². The highest BCUT2D eigenvalue weighted by Crippen LogP contribution is 2.35. The average molecular weight is 383 g/mol. The van der Waals surface area contributed by atoms with Gasteiger partial charge in [-0.25, -0.2) is 0 Å². The quantitative estimate of drug-likeness (QED) is 0.880. The van der Waals surface area contributed by atoms with E-state index in [0.29, 0.717) is 31.9 Å². The van der Waals surface area contributed by atoms with Crippen molar-refractivity contribution in [3.05, 3.63) is 48.5 Å². The van der Waals surface area contributed by atoms with Gasteiger partial charge in [-0.15, -0.1) is 11.8 Å². The first-order valence-corrected chi connectivity index (χ1v) is 9.95. The van der Waals surface area contributed by atoms with E-state index in [1.165, 1.54) is 11.8 Å². The molecule has 0 saturated carbocycles. The van der Waals surface area contributed by atoms with Crippen molar-refractivity contribution in [2.75, 3.05) is 48.3 Å². The van der Waals surface area contributed by atoms with Gasteiger partial charge in [0.1, 0.15) is 12.3 Å². The number of thioether (sulfide) groups is 1. The topological polar surface area (TPSA) is 64.1 Å². The largest absolute Gasteiger partial charge is 0.506 e. The molecule has 2 heterocycles. The summed E-state index contributed by atoms with van der Waals surface area (Å²) in [5.41, 5.74) is 1.61. The monoisotopic (exact) mass is 383 g/mol. The molecule has 1 saturated heterocycles. The fraction of sp³-hybridized carbons (Fsp3) is 0.300. The molecular weight excluding hydrogens is 362 g/mol. The molecule has 2 aromatic carbocycles. The van der Waals surface area contributed by atoms with Gasteiger partial charge in [-0.05, 0) is 24.3 Å². The van der Waals surface area contributed by atoms with E-state index in [4.69, 9.17) is 0 Å². The van der Waals surface area contributed by atoms with Crippen molar-refractivity contribution >= 4 is 35.0 Å². The third-order valence-electron chi connectivity index (χ3n) is 4.96. The Labute approximate surface area is 162 Å². The van der Waals surface area contributed by atoms with Crippen molar-refractivity contribution < 1.29 is 14.7 Å². The van der Waals surface area contributed by atoms with Crippen molar-refractivity contribution in [1.82, 2.24) is 4.90 Å². The minimum Gasteiger partial charge on any atom is -0.506 e. The molecule has 1 fully saturated rings. The van der Waals surface area contributed by atoms with Gasteiger partial charge in [0.25, 0.3) is 0 Å². The number of hydrogen-bond acceptors (Lipinski definition) is 5. The summed E-state index contributed by atoms with van der Waals surface area (Å²) in [4.78, 5) is 31.7. The summed E-state index contributed by atoms with van der Waals surface area (Å²) in [6.45, 7) is 2.54. The SMILES string of the molecule is O=C(CN1C(=O)CSc2ccccc21)N1CCN(c2ccccc2O)CC1. The Morgan fingerprint density at radius 1 is 0.963 bits per heavy atom. The minimum atomic E-state index is -0.0398. The normalized spacial score (nSPS) is 17.0. The van der Waals surface area contributed by atoms with E-state index in [-0.39, 0.29) is 24.1 Å².